The molecule has 136 valence electrons. The van der Waals surface area contributed by atoms with E-state index in [4.69, 9.17) is 15.1 Å². The summed E-state index contributed by atoms with van der Waals surface area (Å²) in [6, 6.07) is 0. The van der Waals surface area contributed by atoms with Crippen molar-refractivity contribution in [1.82, 2.24) is 0 Å². The van der Waals surface area contributed by atoms with Crippen LogP contribution in [0.25, 0.3) is 0 Å². The second-order valence-corrected chi connectivity index (χ2v) is 4.30. The van der Waals surface area contributed by atoms with Gasteiger partial charge >= 0.3 is 0 Å². The molecule has 0 amide bonds. The van der Waals surface area contributed by atoms with Crippen molar-refractivity contribution in [2.24, 2.45) is 0 Å². The van der Waals surface area contributed by atoms with E-state index in [1.54, 1.807) is 0 Å². The van der Waals surface area contributed by atoms with Crippen molar-refractivity contribution in [2.75, 3.05) is 19.7 Å². The van der Waals surface area contributed by atoms with Gasteiger partial charge in [0, 0.05) is 0 Å². The number of aliphatic hydroxyl groups is 8. The van der Waals surface area contributed by atoms with E-state index < -0.39 is 74.4 Å². The Morgan fingerprint density at radius 1 is 0.913 bits per heavy atom. The lowest BCUT2D eigenvalue weighted by Gasteiger charge is -2.43. The maximum Gasteiger partial charge on any atom is 0.224 e. The molecule has 2 saturated heterocycles. The van der Waals surface area contributed by atoms with E-state index in [2.05, 4.69) is 14.2 Å². The Bertz CT molecular complexity index is 803. The number of ether oxygens (including phenoxy) is 3. The molecule has 0 bridgehead atoms. The Morgan fingerprint density at radius 2 is 1.52 bits per heavy atom. The minimum absolute atomic E-state index is 3.14. The van der Waals surface area contributed by atoms with E-state index in [0.717, 1.165) is 0 Å². The summed E-state index contributed by atoms with van der Waals surface area (Å²) < 4.78 is 95.9. The molecule has 2 rings (SSSR count). The number of hydrogen-bond donors (Lipinski definition) is 8. The van der Waals surface area contributed by atoms with Crippen molar-refractivity contribution in [1.29, 1.82) is 0 Å². The molecule has 11 heteroatoms. The smallest absolute Gasteiger partial charge is 0.224 e. The molecule has 8 N–H and O–H groups in total. The van der Waals surface area contributed by atoms with Crippen LogP contribution in [0.15, 0.2) is 0 Å². The third kappa shape index (κ3) is 3.23. The lowest BCUT2D eigenvalue weighted by atomic mass is 9.99. The number of rotatable bonds is 5. The predicted octanol–water partition coefficient (Wildman–Crippen LogP) is -5.40. The van der Waals surface area contributed by atoms with Gasteiger partial charge in [-0.25, -0.2) is 0 Å². The summed E-state index contributed by atoms with van der Waals surface area (Å²) in [7, 11) is 0. The minimum Gasteiger partial charge on any atom is -0.394 e. The van der Waals surface area contributed by atoms with E-state index in [0.29, 0.717) is 0 Å². The Kier molecular flexibility index (Phi) is 2.75. The molecule has 0 aliphatic carbocycles. The molecule has 0 radical (unpaired) electrons. The monoisotopic (exact) mass is 353 g/mol. The molecule has 0 spiro atoms. The highest BCUT2D eigenvalue weighted by Crippen LogP contribution is 2.35. The molecule has 2 aliphatic heterocycles. The lowest BCUT2D eigenvalue weighted by Crippen LogP contribution is -2.62. The quantitative estimate of drug-likeness (QED) is 0.235. The molecule has 0 saturated carbocycles. The van der Waals surface area contributed by atoms with Crippen molar-refractivity contribution in [3.05, 3.63) is 0 Å². The lowest BCUT2D eigenvalue weighted by molar-refractivity contribution is -0.383. The summed E-state index contributed by atoms with van der Waals surface area (Å²) in [5.74, 6) is -4.36. The van der Waals surface area contributed by atoms with Gasteiger partial charge in [-0.2, -0.15) is 0 Å². The van der Waals surface area contributed by atoms with Gasteiger partial charge in [0.05, 0.1) is 28.2 Å². The van der Waals surface area contributed by atoms with Crippen LogP contribution < -0.4 is 0 Å². The third-order valence-corrected chi connectivity index (χ3v) is 2.96. The fraction of sp³-hybridized carbons (Fsp3) is 1.00. The SMILES string of the molecule is [2H]C([2H])(O)[C@H]1O[C@](O[C@H]2O[C@H](C([2H])([2H])O)[C@@]([2H])(O)[C@]([2H])(O)[C@@]2([2H])O)(C([2H])([2H])O)[C@@]([2H])(O)[C@]1([2H])O. The van der Waals surface area contributed by atoms with E-state index in [1.165, 1.54) is 0 Å². The van der Waals surface area contributed by atoms with Crippen LogP contribution >= 0.6 is 0 Å². The average Bonchev–Trinajstić information content (AvgIpc) is 2.71. The van der Waals surface area contributed by atoms with Crippen LogP contribution in [0.5, 0.6) is 0 Å². The first kappa shape index (κ1) is 8.78. The fourth-order valence-electron chi connectivity index (χ4n) is 1.79. The predicted molar refractivity (Wildman–Crippen MR) is 68.6 cm³/mol. The molecule has 0 aromatic heterocycles. The van der Waals surface area contributed by atoms with Crippen molar-refractivity contribution in [3.8, 4) is 0 Å². The van der Waals surface area contributed by atoms with Gasteiger partial charge in [-0.1, -0.05) is 0 Å². The molecule has 0 aromatic carbocycles. The van der Waals surface area contributed by atoms with Gasteiger partial charge in [-0.3, -0.25) is 0 Å². The summed E-state index contributed by atoms with van der Waals surface area (Å²) >= 11 is 0. The molecule has 9 atom stereocenters. The van der Waals surface area contributed by atoms with Crippen LogP contribution in [0.2, 0.25) is 0 Å². The second kappa shape index (κ2) is 7.21. The molecule has 2 aliphatic rings. The summed E-state index contributed by atoms with van der Waals surface area (Å²) in [6.45, 7) is -12.1. The standard InChI is InChI=1S/C12H22O11/c13-1-4-6(16)8(18)9(19)11(21-4)23-12(3-15)10(20)7(17)5(2-14)22-12/h4-11,13-20H,1-3H2/t4-,5-,6-,7-,8+,9-,10+,11-,12+/m1/s1/i1D2,2D2,3D2,6D,7D,8D,9D,10D. The van der Waals surface area contributed by atoms with Gasteiger partial charge in [0.15, 0.2) is 6.29 Å². The van der Waals surface area contributed by atoms with Crippen molar-refractivity contribution in [3.63, 3.8) is 0 Å². The highest BCUT2D eigenvalue weighted by atomic mass is 16.8. The largest absolute Gasteiger partial charge is 0.394 e. The Hall–Kier alpha value is -0.440. The Labute approximate surface area is 146 Å². The fourth-order valence-corrected chi connectivity index (χ4v) is 1.79. The van der Waals surface area contributed by atoms with E-state index in [1.807, 2.05) is 0 Å². The van der Waals surface area contributed by atoms with E-state index >= 15 is 0 Å². The molecular weight excluding hydrogens is 320 g/mol. The van der Waals surface area contributed by atoms with Crippen molar-refractivity contribution >= 4 is 0 Å². The highest BCUT2D eigenvalue weighted by Gasteiger charge is 2.58. The molecule has 0 unspecified atom stereocenters. The minimum atomic E-state index is -4.42. The molecule has 2 heterocycles. The summed E-state index contributed by atoms with van der Waals surface area (Å²) in [4.78, 5) is 0. The Balaban J connectivity index is 2.75. The van der Waals surface area contributed by atoms with Gasteiger partial charge in [-0.15, -0.1) is 0 Å². The van der Waals surface area contributed by atoms with Gasteiger partial charge < -0.3 is 55.1 Å². The summed E-state index contributed by atoms with van der Waals surface area (Å²) in [6.07, 6.45) is -30.8. The van der Waals surface area contributed by atoms with Gasteiger partial charge in [-0.05, 0) is 0 Å². The van der Waals surface area contributed by atoms with E-state index in [9.17, 15) is 40.9 Å². The zero-order chi connectivity index (χ0) is 27.4. The molecule has 23 heavy (non-hydrogen) atoms. The zero-order valence-corrected chi connectivity index (χ0v) is 11.0. The van der Waals surface area contributed by atoms with Crippen LogP contribution in [-0.2, 0) is 14.2 Å². The third-order valence-electron chi connectivity index (χ3n) is 2.96. The van der Waals surface area contributed by atoms with Gasteiger partial charge in [0.1, 0.15) is 49.2 Å². The maximum absolute atomic E-state index is 10.4. The van der Waals surface area contributed by atoms with Crippen LogP contribution in [0.1, 0.15) is 15.1 Å². The normalized spacial score (nSPS) is 76.0. The van der Waals surface area contributed by atoms with Gasteiger partial charge in [0.25, 0.3) is 0 Å². The first-order valence-corrected chi connectivity index (χ1v) is 5.83. The average molecular weight is 353 g/mol. The molecular formula is C12H22O11. The molecule has 0 aromatic rings. The van der Waals surface area contributed by atoms with Crippen LogP contribution in [0.3, 0.4) is 0 Å². The first-order chi connectivity index (χ1) is 14.5. The Morgan fingerprint density at radius 3 is 2.00 bits per heavy atom. The van der Waals surface area contributed by atoms with Crippen molar-refractivity contribution in [2.45, 2.75) is 54.7 Å². The molecule has 2 fully saturated rings. The van der Waals surface area contributed by atoms with Crippen LogP contribution in [-0.4, -0.2) is 115 Å². The number of hydrogen-bond acceptors (Lipinski definition) is 11. The van der Waals surface area contributed by atoms with Crippen LogP contribution in [0, 0.1) is 0 Å². The van der Waals surface area contributed by atoms with E-state index in [-0.39, 0.29) is 0 Å². The molecule has 11 nitrogen and oxygen atoms in total. The topological polar surface area (TPSA) is 190 Å². The van der Waals surface area contributed by atoms with Crippen LogP contribution in [0.4, 0.5) is 0 Å². The zero-order valence-electron chi connectivity index (χ0n) is 22.0. The maximum atomic E-state index is 10.4. The van der Waals surface area contributed by atoms with Gasteiger partial charge in [0.2, 0.25) is 5.79 Å². The summed E-state index contributed by atoms with van der Waals surface area (Å²) in [5.41, 5.74) is 0. The summed E-state index contributed by atoms with van der Waals surface area (Å²) in [5, 5.41) is 80.2. The second-order valence-electron chi connectivity index (χ2n) is 4.30. The first-order valence-electron chi connectivity index (χ1n) is 11.3. The highest BCUT2D eigenvalue weighted by molar-refractivity contribution is 4.98. The van der Waals surface area contributed by atoms with Crippen molar-refractivity contribution < 1.29 is 70.1 Å².